The van der Waals surface area contributed by atoms with Crippen LogP contribution in [0.2, 0.25) is 0 Å². The van der Waals surface area contributed by atoms with E-state index in [4.69, 9.17) is 0 Å². The molecule has 0 radical (unpaired) electrons. The molecular formula is C25H21N. The summed E-state index contributed by atoms with van der Waals surface area (Å²) in [6.45, 7) is 10.2. The van der Waals surface area contributed by atoms with Gasteiger partial charge in [-0.3, -0.25) is 0 Å². The van der Waals surface area contributed by atoms with Crippen molar-refractivity contribution in [2.24, 2.45) is 0 Å². The van der Waals surface area contributed by atoms with Gasteiger partial charge in [0.2, 0.25) is 0 Å². The lowest BCUT2D eigenvalue weighted by Crippen LogP contribution is -1.95. The van der Waals surface area contributed by atoms with Crippen molar-refractivity contribution in [3.05, 3.63) is 101 Å². The van der Waals surface area contributed by atoms with Gasteiger partial charge in [-0.2, -0.15) is 0 Å². The second-order valence-electron chi connectivity index (χ2n) is 6.52. The Hall–Kier alpha value is -3.28. The predicted molar refractivity (Wildman–Crippen MR) is 113 cm³/mol. The van der Waals surface area contributed by atoms with Crippen LogP contribution in [0, 0.1) is 0 Å². The van der Waals surface area contributed by atoms with Crippen LogP contribution in [-0.4, -0.2) is 4.57 Å². The largest absolute Gasteiger partial charge is 0.309 e. The van der Waals surface area contributed by atoms with Crippen LogP contribution in [0.4, 0.5) is 0 Å². The highest BCUT2D eigenvalue weighted by molar-refractivity contribution is 5.98. The molecule has 0 N–H and O–H groups in total. The number of nitrogens with zero attached hydrogens (tertiary/aromatic N) is 1. The highest BCUT2D eigenvalue weighted by Crippen LogP contribution is 2.34. The van der Waals surface area contributed by atoms with Gasteiger partial charge in [-0.25, -0.2) is 0 Å². The number of hydrogen-bond donors (Lipinski definition) is 0. The first kappa shape index (κ1) is 16.2. The molecular weight excluding hydrogens is 314 g/mol. The zero-order chi connectivity index (χ0) is 18.1. The van der Waals surface area contributed by atoms with E-state index in [9.17, 15) is 0 Å². The minimum absolute atomic E-state index is 0.923. The van der Waals surface area contributed by atoms with Crippen LogP contribution in [0.1, 0.15) is 30.2 Å². The molecule has 2 aromatic carbocycles. The summed E-state index contributed by atoms with van der Waals surface area (Å²) in [6, 6.07) is 17.1. The monoisotopic (exact) mass is 335 g/mol. The van der Waals surface area contributed by atoms with Crippen molar-refractivity contribution in [1.29, 1.82) is 0 Å². The lowest BCUT2D eigenvalue weighted by Gasteiger charge is -2.08. The Kier molecular flexibility index (Phi) is 4.08. The molecule has 1 aromatic heterocycles. The van der Waals surface area contributed by atoms with E-state index in [1.54, 1.807) is 0 Å². The summed E-state index contributed by atoms with van der Waals surface area (Å²) in [5, 5.41) is 1.24. The molecule has 0 bridgehead atoms. The molecule has 0 amide bonds. The summed E-state index contributed by atoms with van der Waals surface area (Å²) in [7, 11) is 0. The molecule has 1 aliphatic rings. The highest BCUT2D eigenvalue weighted by atomic mass is 15.0. The molecule has 0 unspecified atom stereocenters. The molecule has 0 fully saturated rings. The fourth-order valence-electron chi connectivity index (χ4n) is 3.35. The van der Waals surface area contributed by atoms with Crippen LogP contribution in [-0.2, 0) is 0 Å². The Morgan fingerprint density at radius 1 is 1.08 bits per heavy atom. The van der Waals surface area contributed by atoms with Crippen molar-refractivity contribution < 1.29 is 0 Å². The summed E-state index contributed by atoms with van der Waals surface area (Å²) < 4.78 is 2.30. The van der Waals surface area contributed by atoms with E-state index in [-0.39, 0.29) is 0 Å². The van der Waals surface area contributed by atoms with E-state index in [0.717, 1.165) is 23.1 Å². The molecule has 0 saturated carbocycles. The summed E-state index contributed by atoms with van der Waals surface area (Å²) in [4.78, 5) is 0. The quantitative estimate of drug-likeness (QED) is 0.279. The smallest absolute Gasteiger partial charge is 0.0624 e. The fourth-order valence-corrected chi connectivity index (χ4v) is 3.35. The summed E-state index contributed by atoms with van der Waals surface area (Å²) in [6.07, 6.45) is 9.22. The van der Waals surface area contributed by atoms with Gasteiger partial charge in [0.05, 0.1) is 11.2 Å². The lowest BCUT2D eigenvalue weighted by molar-refractivity contribution is 1.11. The van der Waals surface area contributed by atoms with Crippen molar-refractivity contribution in [3.8, 4) is 5.69 Å². The number of fused-ring (bicyclic) bond motifs is 3. The molecule has 1 nitrogen and oxygen atoms in total. The van der Waals surface area contributed by atoms with Gasteiger partial charge in [-0.15, -0.1) is 5.73 Å². The molecule has 0 spiro atoms. The lowest BCUT2D eigenvalue weighted by atomic mass is 10.0. The summed E-state index contributed by atoms with van der Waals surface area (Å²) >= 11 is 0. The van der Waals surface area contributed by atoms with Crippen LogP contribution in [0.5, 0.6) is 0 Å². The number of para-hydroxylation sites is 1. The average molecular weight is 335 g/mol. The topological polar surface area (TPSA) is 4.93 Å². The maximum absolute atomic E-state index is 4.09. The number of rotatable bonds is 5. The number of allylic oxidation sites excluding steroid dienone is 3. The molecule has 0 atom stereocenters. The van der Waals surface area contributed by atoms with Crippen LogP contribution >= 0.6 is 0 Å². The third-order valence-corrected chi connectivity index (χ3v) is 4.89. The van der Waals surface area contributed by atoms with Crippen molar-refractivity contribution >= 4 is 29.1 Å². The maximum atomic E-state index is 4.09. The molecule has 1 aliphatic carbocycles. The van der Waals surface area contributed by atoms with Gasteiger partial charge in [0, 0.05) is 22.7 Å². The average Bonchev–Trinajstić information content (AvgIpc) is 3.26. The summed E-state index contributed by atoms with van der Waals surface area (Å²) in [5.74, 6) is 0. The Morgan fingerprint density at radius 3 is 2.65 bits per heavy atom. The zero-order valence-corrected chi connectivity index (χ0v) is 15.0. The maximum Gasteiger partial charge on any atom is 0.0624 e. The Bertz CT molecular complexity index is 1110. The second kappa shape index (κ2) is 6.55. The second-order valence-corrected chi connectivity index (χ2v) is 6.52. The van der Waals surface area contributed by atoms with Gasteiger partial charge in [-0.05, 0) is 53.5 Å². The van der Waals surface area contributed by atoms with E-state index < -0.39 is 0 Å². The molecule has 4 rings (SSSR count). The number of aromatic nitrogens is 1. The Labute approximate surface area is 154 Å². The van der Waals surface area contributed by atoms with Gasteiger partial charge in [0.1, 0.15) is 0 Å². The Morgan fingerprint density at radius 2 is 1.88 bits per heavy atom. The highest BCUT2D eigenvalue weighted by Gasteiger charge is 2.17. The SMILES string of the molecule is C=C(C=Cc1ccc2c(c1)c1c(n2-c2ccccc2)C=C=C1)C(=C)CC. The van der Waals surface area contributed by atoms with Gasteiger partial charge in [-0.1, -0.05) is 56.5 Å². The van der Waals surface area contributed by atoms with Crippen molar-refractivity contribution in [3.63, 3.8) is 0 Å². The normalized spacial score (nSPS) is 12.2. The summed E-state index contributed by atoms with van der Waals surface area (Å²) in [5.41, 5.74) is 11.3. The molecule has 0 saturated heterocycles. The van der Waals surface area contributed by atoms with E-state index in [0.29, 0.717) is 0 Å². The van der Waals surface area contributed by atoms with E-state index in [1.807, 2.05) is 6.07 Å². The zero-order valence-electron chi connectivity index (χ0n) is 15.0. The molecule has 1 heterocycles. The van der Waals surface area contributed by atoms with Crippen LogP contribution < -0.4 is 0 Å². The first-order chi connectivity index (χ1) is 12.7. The molecule has 1 heteroatoms. The van der Waals surface area contributed by atoms with Crippen LogP contribution in [0.25, 0.3) is 34.8 Å². The minimum Gasteiger partial charge on any atom is -0.309 e. The van der Waals surface area contributed by atoms with Crippen molar-refractivity contribution in [2.45, 2.75) is 13.3 Å². The fraction of sp³-hybridized carbons (Fsp3) is 0.0800. The Balaban J connectivity index is 1.81. The van der Waals surface area contributed by atoms with Gasteiger partial charge in [0.15, 0.2) is 0 Å². The molecule has 0 aliphatic heterocycles. The van der Waals surface area contributed by atoms with E-state index >= 15 is 0 Å². The number of hydrogen-bond acceptors (Lipinski definition) is 0. The number of benzene rings is 2. The van der Waals surface area contributed by atoms with Crippen LogP contribution in [0.3, 0.4) is 0 Å². The minimum atomic E-state index is 0.923. The molecule has 126 valence electrons. The first-order valence-electron chi connectivity index (χ1n) is 8.90. The van der Waals surface area contributed by atoms with Gasteiger partial charge < -0.3 is 4.57 Å². The van der Waals surface area contributed by atoms with Crippen LogP contribution in [0.15, 0.2) is 84.6 Å². The van der Waals surface area contributed by atoms with Gasteiger partial charge >= 0.3 is 0 Å². The third-order valence-electron chi connectivity index (χ3n) is 4.89. The first-order valence-corrected chi connectivity index (χ1v) is 8.90. The van der Waals surface area contributed by atoms with E-state index in [1.165, 1.54) is 27.8 Å². The van der Waals surface area contributed by atoms with Crippen molar-refractivity contribution in [2.75, 3.05) is 0 Å². The standard InChI is InChI=1S/C25H21N/c1-4-18(2)19(3)13-14-20-15-16-25-23(17-20)22-11-8-12-24(22)26(25)21-9-6-5-7-10-21/h5-7,9-17H,2-4H2,1H3. The predicted octanol–water partition coefficient (Wildman–Crippen LogP) is 6.81. The van der Waals surface area contributed by atoms with Gasteiger partial charge in [0.25, 0.3) is 0 Å². The molecule has 3 aromatic rings. The molecule has 26 heavy (non-hydrogen) atoms. The van der Waals surface area contributed by atoms with Crippen molar-refractivity contribution in [1.82, 2.24) is 4.57 Å². The van der Waals surface area contributed by atoms with E-state index in [2.05, 4.69) is 97.1 Å². The third kappa shape index (κ3) is 2.69.